The molecule has 1 aliphatic carbocycles. The van der Waals surface area contributed by atoms with Gasteiger partial charge in [0.05, 0.1) is 0 Å². The highest BCUT2D eigenvalue weighted by molar-refractivity contribution is 5.95. The number of hydrogen-bond donors (Lipinski definition) is 1. The molecule has 3 rings (SSSR count). The Labute approximate surface area is 125 Å². The van der Waals surface area contributed by atoms with Gasteiger partial charge in [0.2, 0.25) is 0 Å². The van der Waals surface area contributed by atoms with Gasteiger partial charge >= 0.3 is 0 Å². The Morgan fingerprint density at radius 1 is 1.14 bits per heavy atom. The Bertz CT molecular complexity index is 529. The summed E-state index contributed by atoms with van der Waals surface area (Å²) in [6.45, 7) is 5.61. The van der Waals surface area contributed by atoms with Crippen LogP contribution in [0.5, 0.6) is 11.5 Å². The molecule has 4 heteroatoms. The van der Waals surface area contributed by atoms with Crippen LogP contribution in [0.3, 0.4) is 0 Å². The van der Waals surface area contributed by atoms with Crippen LogP contribution in [0.4, 0.5) is 0 Å². The lowest BCUT2D eigenvalue weighted by Crippen LogP contribution is -2.43. The normalized spacial score (nSPS) is 28.0. The van der Waals surface area contributed by atoms with E-state index in [0.717, 1.165) is 12.2 Å². The lowest BCUT2D eigenvalue weighted by atomic mass is 9.78. The fourth-order valence-corrected chi connectivity index (χ4v) is 3.22. The first-order valence-corrected chi connectivity index (χ1v) is 7.85. The molecule has 4 nitrogen and oxygen atoms in total. The maximum Gasteiger partial charge on any atom is 0.251 e. The molecule has 3 atom stereocenters. The minimum absolute atomic E-state index is 0.0158. The smallest absolute Gasteiger partial charge is 0.251 e. The molecule has 1 N–H and O–H groups in total. The van der Waals surface area contributed by atoms with E-state index >= 15 is 0 Å². The molecule has 0 aromatic heterocycles. The van der Waals surface area contributed by atoms with Crippen molar-refractivity contribution in [1.82, 2.24) is 5.32 Å². The molecule has 1 amide bonds. The summed E-state index contributed by atoms with van der Waals surface area (Å²) in [6.07, 6.45) is 3.52. The van der Waals surface area contributed by atoms with Gasteiger partial charge in [-0.15, -0.1) is 0 Å². The second kappa shape index (κ2) is 5.96. The highest BCUT2D eigenvalue weighted by Crippen LogP contribution is 2.32. The van der Waals surface area contributed by atoms with Crippen molar-refractivity contribution >= 4 is 5.91 Å². The van der Waals surface area contributed by atoms with E-state index in [1.165, 1.54) is 12.8 Å². The Hall–Kier alpha value is -1.71. The first kappa shape index (κ1) is 14.2. The minimum atomic E-state index is -0.0158. The summed E-state index contributed by atoms with van der Waals surface area (Å²) in [5, 5.41) is 3.19. The molecular weight excluding hydrogens is 266 g/mol. The van der Waals surface area contributed by atoms with Crippen LogP contribution in [0.15, 0.2) is 18.2 Å². The van der Waals surface area contributed by atoms with Gasteiger partial charge in [-0.3, -0.25) is 4.79 Å². The molecular formula is C17H23NO3. The molecule has 1 heterocycles. The van der Waals surface area contributed by atoms with E-state index in [1.807, 2.05) is 6.07 Å². The number of hydrogen-bond acceptors (Lipinski definition) is 3. The van der Waals surface area contributed by atoms with Crippen molar-refractivity contribution in [2.24, 2.45) is 11.8 Å². The first-order chi connectivity index (χ1) is 10.1. The third kappa shape index (κ3) is 2.99. The lowest BCUT2D eigenvalue weighted by molar-refractivity contribution is 0.0890. The molecule has 0 saturated heterocycles. The van der Waals surface area contributed by atoms with Crippen LogP contribution in [0.1, 0.15) is 43.5 Å². The molecule has 0 unspecified atom stereocenters. The van der Waals surface area contributed by atoms with Crippen molar-refractivity contribution in [3.05, 3.63) is 23.8 Å². The van der Waals surface area contributed by atoms with Gasteiger partial charge in [-0.1, -0.05) is 26.7 Å². The van der Waals surface area contributed by atoms with Crippen LogP contribution in [0.25, 0.3) is 0 Å². The van der Waals surface area contributed by atoms with Crippen LogP contribution in [0, 0.1) is 11.8 Å². The standard InChI is InChI=1S/C17H23NO3/c1-11-4-3-5-14(12(11)2)18-17(19)13-6-7-15-16(10-13)21-9-8-20-15/h6-7,10-12,14H,3-5,8-9H2,1-2H3,(H,18,19)/t11-,12+,14+/m1/s1. The zero-order valence-electron chi connectivity index (χ0n) is 12.7. The summed E-state index contributed by atoms with van der Waals surface area (Å²) in [5.74, 6) is 2.57. The van der Waals surface area contributed by atoms with Crippen LogP contribution < -0.4 is 14.8 Å². The highest BCUT2D eigenvalue weighted by Gasteiger charge is 2.28. The SMILES string of the molecule is C[C@H]1[C@H](C)CCC[C@@H]1NC(=O)c1ccc2c(c1)OCCO2. The minimum Gasteiger partial charge on any atom is -0.486 e. The van der Waals surface area contributed by atoms with Crippen molar-refractivity contribution in [1.29, 1.82) is 0 Å². The van der Waals surface area contributed by atoms with Gasteiger partial charge in [-0.2, -0.15) is 0 Å². The Morgan fingerprint density at radius 3 is 2.71 bits per heavy atom. The summed E-state index contributed by atoms with van der Waals surface area (Å²) in [6, 6.07) is 5.67. The molecule has 1 aromatic rings. The number of fused-ring (bicyclic) bond motifs is 1. The zero-order valence-corrected chi connectivity index (χ0v) is 12.7. The lowest BCUT2D eigenvalue weighted by Gasteiger charge is -2.34. The van der Waals surface area contributed by atoms with Gasteiger partial charge in [-0.05, 0) is 36.5 Å². The third-order valence-corrected chi connectivity index (χ3v) is 4.83. The number of nitrogens with one attached hydrogen (secondary N) is 1. The molecule has 0 spiro atoms. The summed E-state index contributed by atoms with van der Waals surface area (Å²) in [5.41, 5.74) is 0.643. The molecule has 0 bridgehead atoms. The predicted molar refractivity (Wildman–Crippen MR) is 80.9 cm³/mol. The number of ether oxygens (including phenoxy) is 2. The van der Waals surface area contributed by atoms with Gasteiger partial charge in [0.1, 0.15) is 13.2 Å². The third-order valence-electron chi connectivity index (χ3n) is 4.83. The zero-order chi connectivity index (χ0) is 14.8. The van der Waals surface area contributed by atoms with Crippen molar-refractivity contribution in [2.75, 3.05) is 13.2 Å². The van der Waals surface area contributed by atoms with E-state index in [0.29, 0.717) is 36.4 Å². The fourth-order valence-electron chi connectivity index (χ4n) is 3.22. The van der Waals surface area contributed by atoms with Gasteiger partial charge in [-0.25, -0.2) is 0 Å². The molecule has 1 fully saturated rings. The van der Waals surface area contributed by atoms with E-state index in [9.17, 15) is 4.79 Å². The maximum absolute atomic E-state index is 12.4. The predicted octanol–water partition coefficient (Wildman–Crippen LogP) is 3.01. The average Bonchev–Trinajstić information content (AvgIpc) is 2.51. The number of amides is 1. The molecule has 114 valence electrons. The van der Waals surface area contributed by atoms with Crippen molar-refractivity contribution in [3.63, 3.8) is 0 Å². The highest BCUT2D eigenvalue weighted by atomic mass is 16.6. The monoisotopic (exact) mass is 289 g/mol. The van der Waals surface area contributed by atoms with Crippen LogP contribution >= 0.6 is 0 Å². The Balaban J connectivity index is 1.70. The van der Waals surface area contributed by atoms with E-state index < -0.39 is 0 Å². The Morgan fingerprint density at radius 2 is 1.90 bits per heavy atom. The maximum atomic E-state index is 12.4. The fraction of sp³-hybridized carbons (Fsp3) is 0.588. The molecule has 1 saturated carbocycles. The topological polar surface area (TPSA) is 47.6 Å². The van der Waals surface area contributed by atoms with E-state index in [1.54, 1.807) is 12.1 Å². The summed E-state index contributed by atoms with van der Waals surface area (Å²) in [4.78, 5) is 12.4. The molecule has 1 aliphatic heterocycles. The number of rotatable bonds is 2. The van der Waals surface area contributed by atoms with Crippen molar-refractivity contribution in [3.8, 4) is 11.5 Å². The second-order valence-corrected chi connectivity index (χ2v) is 6.21. The van der Waals surface area contributed by atoms with Crippen LogP contribution in [0.2, 0.25) is 0 Å². The molecule has 0 radical (unpaired) electrons. The number of carbonyl (C=O) groups excluding carboxylic acids is 1. The van der Waals surface area contributed by atoms with E-state index in [4.69, 9.17) is 9.47 Å². The molecule has 1 aromatic carbocycles. The largest absolute Gasteiger partial charge is 0.486 e. The number of carbonyl (C=O) groups is 1. The summed E-state index contributed by atoms with van der Waals surface area (Å²) in [7, 11) is 0. The van der Waals surface area contributed by atoms with E-state index in [2.05, 4.69) is 19.2 Å². The average molecular weight is 289 g/mol. The van der Waals surface area contributed by atoms with Gasteiger partial charge in [0, 0.05) is 11.6 Å². The Kier molecular flexibility index (Phi) is 4.04. The van der Waals surface area contributed by atoms with Gasteiger partial charge in [0.15, 0.2) is 11.5 Å². The quantitative estimate of drug-likeness (QED) is 0.910. The van der Waals surface area contributed by atoms with Crippen molar-refractivity contribution in [2.45, 2.75) is 39.2 Å². The van der Waals surface area contributed by atoms with Gasteiger partial charge < -0.3 is 14.8 Å². The second-order valence-electron chi connectivity index (χ2n) is 6.21. The van der Waals surface area contributed by atoms with Gasteiger partial charge in [0.25, 0.3) is 5.91 Å². The summed E-state index contributed by atoms with van der Waals surface area (Å²) >= 11 is 0. The van der Waals surface area contributed by atoms with E-state index in [-0.39, 0.29) is 11.9 Å². The first-order valence-electron chi connectivity index (χ1n) is 7.85. The summed E-state index contributed by atoms with van der Waals surface area (Å²) < 4.78 is 11.0. The van der Waals surface area contributed by atoms with Crippen molar-refractivity contribution < 1.29 is 14.3 Å². The number of benzene rings is 1. The van der Waals surface area contributed by atoms with Crippen LogP contribution in [-0.2, 0) is 0 Å². The molecule has 21 heavy (non-hydrogen) atoms. The molecule has 2 aliphatic rings. The van der Waals surface area contributed by atoms with Crippen LogP contribution in [-0.4, -0.2) is 25.2 Å².